The van der Waals surface area contributed by atoms with Crippen molar-refractivity contribution in [1.29, 1.82) is 0 Å². The Balaban J connectivity index is 2.04. The summed E-state index contributed by atoms with van der Waals surface area (Å²) in [5.74, 6) is -1.38. The van der Waals surface area contributed by atoms with E-state index in [-0.39, 0.29) is 0 Å². The van der Waals surface area contributed by atoms with Crippen LogP contribution in [0.4, 0.5) is 20.2 Å². The molecule has 0 saturated heterocycles. The molecule has 110 valence electrons. The molecule has 0 amide bonds. The van der Waals surface area contributed by atoms with Crippen LogP contribution in [0.1, 0.15) is 25.3 Å². The van der Waals surface area contributed by atoms with E-state index >= 15 is 0 Å². The van der Waals surface area contributed by atoms with Gasteiger partial charge in [0.1, 0.15) is 0 Å². The predicted molar refractivity (Wildman–Crippen MR) is 86.7 cm³/mol. The molecular formula is C16H16F2N2S. The number of halogens is 2. The van der Waals surface area contributed by atoms with E-state index < -0.39 is 11.6 Å². The molecule has 0 spiro atoms. The van der Waals surface area contributed by atoms with E-state index in [1.54, 1.807) is 0 Å². The van der Waals surface area contributed by atoms with Gasteiger partial charge in [0, 0.05) is 17.4 Å². The van der Waals surface area contributed by atoms with Crippen molar-refractivity contribution in [2.24, 2.45) is 0 Å². The van der Waals surface area contributed by atoms with Crippen LogP contribution in [0.5, 0.6) is 0 Å². The molecule has 0 atom stereocenters. The van der Waals surface area contributed by atoms with Gasteiger partial charge in [0.15, 0.2) is 16.7 Å². The summed E-state index contributed by atoms with van der Waals surface area (Å²) in [7, 11) is 0. The van der Waals surface area contributed by atoms with Gasteiger partial charge in [-0.2, -0.15) is 0 Å². The molecule has 5 heteroatoms. The lowest BCUT2D eigenvalue weighted by Gasteiger charge is -2.13. The van der Waals surface area contributed by atoms with E-state index in [0.29, 0.717) is 16.7 Å². The highest BCUT2D eigenvalue weighted by atomic mass is 32.1. The number of anilines is 2. The Morgan fingerprint density at radius 2 is 1.62 bits per heavy atom. The number of hydrogen-bond acceptors (Lipinski definition) is 1. The molecule has 0 aliphatic heterocycles. The molecule has 2 rings (SSSR count). The Morgan fingerprint density at radius 1 is 0.952 bits per heavy atom. The monoisotopic (exact) mass is 306 g/mol. The van der Waals surface area contributed by atoms with Crippen LogP contribution in [0.2, 0.25) is 0 Å². The van der Waals surface area contributed by atoms with Crippen LogP contribution < -0.4 is 10.6 Å². The van der Waals surface area contributed by atoms with Crippen molar-refractivity contribution in [1.82, 2.24) is 0 Å². The summed E-state index contributed by atoms with van der Waals surface area (Å²) < 4.78 is 26.0. The summed E-state index contributed by atoms with van der Waals surface area (Å²) in [5, 5.41) is 6.17. The molecule has 2 N–H and O–H groups in total. The summed E-state index contributed by atoms with van der Waals surface area (Å²) in [4.78, 5) is 0. The van der Waals surface area contributed by atoms with Crippen LogP contribution in [0.3, 0.4) is 0 Å². The Hall–Kier alpha value is -2.01. The summed E-state index contributed by atoms with van der Waals surface area (Å²) in [6, 6.07) is 11.4. The standard InChI is InChI=1S/C16H16F2N2S/c1-10(2)11-4-3-5-12(8-11)19-16(21)20-13-6-7-14(17)15(18)9-13/h3-10H,1-2H3,(H2,19,20,21). The van der Waals surface area contributed by atoms with Crippen molar-refractivity contribution in [2.45, 2.75) is 19.8 Å². The molecule has 0 aliphatic rings. The van der Waals surface area contributed by atoms with Crippen molar-refractivity contribution in [3.05, 3.63) is 59.7 Å². The van der Waals surface area contributed by atoms with Gasteiger partial charge in [-0.25, -0.2) is 8.78 Å². The Labute approximate surface area is 128 Å². The molecule has 0 bridgehead atoms. The van der Waals surface area contributed by atoms with E-state index in [1.807, 2.05) is 24.3 Å². The second-order valence-corrected chi connectivity index (χ2v) is 5.40. The fourth-order valence-electron chi connectivity index (χ4n) is 1.84. The minimum absolute atomic E-state index is 0.321. The predicted octanol–water partition coefficient (Wildman–Crippen LogP) is 4.90. The molecule has 0 fully saturated rings. The van der Waals surface area contributed by atoms with Gasteiger partial charge in [0.2, 0.25) is 0 Å². The minimum Gasteiger partial charge on any atom is -0.332 e. The fraction of sp³-hybridized carbons (Fsp3) is 0.188. The highest BCUT2D eigenvalue weighted by Gasteiger charge is 2.05. The Bertz CT molecular complexity index is 656. The van der Waals surface area contributed by atoms with Gasteiger partial charge in [0.25, 0.3) is 0 Å². The highest BCUT2D eigenvalue weighted by molar-refractivity contribution is 7.80. The summed E-state index contributed by atoms with van der Waals surface area (Å²) in [6.07, 6.45) is 0. The molecule has 21 heavy (non-hydrogen) atoms. The Kier molecular flexibility index (Phi) is 4.85. The van der Waals surface area contributed by atoms with Crippen molar-refractivity contribution in [2.75, 3.05) is 10.6 Å². The second kappa shape index (κ2) is 6.63. The number of nitrogens with one attached hydrogen (secondary N) is 2. The van der Waals surface area contributed by atoms with Gasteiger partial charge in [0.05, 0.1) is 0 Å². The van der Waals surface area contributed by atoms with Crippen molar-refractivity contribution >= 4 is 28.7 Å². The van der Waals surface area contributed by atoms with Gasteiger partial charge < -0.3 is 10.6 Å². The molecule has 0 aromatic heterocycles. The molecule has 0 saturated carbocycles. The minimum atomic E-state index is -0.912. The first-order valence-electron chi connectivity index (χ1n) is 6.58. The smallest absolute Gasteiger partial charge is 0.175 e. The Morgan fingerprint density at radius 3 is 2.24 bits per heavy atom. The maximum absolute atomic E-state index is 13.1. The van der Waals surface area contributed by atoms with E-state index in [4.69, 9.17) is 12.2 Å². The number of benzene rings is 2. The molecule has 0 radical (unpaired) electrons. The van der Waals surface area contributed by atoms with E-state index in [0.717, 1.165) is 17.8 Å². The van der Waals surface area contributed by atoms with Crippen LogP contribution in [0.25, 0.3) is 0 Å². The lowest BCUT2D eigenvalue weighted by molar-refractivity contribution is 0.509. The third-order valence-corrected chi connectivity index (χ3v) is 3.19. The average Bonchev–Trinajstić information content (AvgIpc) is 2.43. The maximum Gasteiger partial charge on any atom is 0.175 e. The molecule has 2 nitrogen and oxygen atoms in total. The third kappa shape index (κ3) is 4.23. The molecule has 2 aromatic carbocycles. The quantitative estimate of drug-likeness (QED) is 0.789. The van der Waals surface area contributed by atoms with Crippen LogP contribution in [-0.2, 0) is 0 Å². The van der Waals surface area contributed by atoms with Crippen molar-refractivity contribution < 1.29 is 8.78 Å². The first-order chi connectivity index (χ1) is 9.95. The first kappa shape index (κ1) is 15.4. The van der Waals surface area contributed by atoms with Gasteiger partial charge in [-0.05, 0) is 48.0 Å². The van der Waals surface area contributed by atoms with Gasteiger partial charge >= 0.3 is 0 Å². The lowest BCUT2D eigenvalue weighted by Crippen LogP contribution is -2.19. The zero-order valence-electron chi connectivity index (χ0n) is 11.8. The van der Waals surface area contributed by atoms with Gasteiger partial charge in [-0.15, -0.1) is 0 Å². The molecule has 0 aliphatic carbocycles. The summed E-state index contributed by atoms with van der Waals surface area (Å²) in [6.45, 7) is 4.22. The first-order valence-corrected chi connectivity index (χ1v) is 6.99. The number of hydrogen-bond donors (Lipinski definition) is 2. The topological polar surface area (TPSA) is 24.1 Å². The highest BCUT2D eigenvalue weighted by Crippen LogP contribution is 2.19. The van der Waals surface area contributed by atoms with Crippen LogP contribution in [0.15, 0.2) is 42.5 Å². The summed E-state index contributed by atoms with van der Waals surface area (Å²) in [5.41, 5.74) is 2.43. The van der Waals surface area contributed by atoms with Crippen LogP contribution in [0, 0.1) is 11.6 Å². The van der Waals surface area contributed by atoms with E-state index in [1.165, 1.54) is 11.6 Å². The maximum atomic E-state index is 13.1. The molecule has 0 unspecified atom stereocenters. The largest absolute Gasteiger partial charge is 0.332 e. The van der Waals surface area contributed by atoms with E-state index in [9.17, 15) is 8.78 Å². The lowest BCUT2D eigenvalue weighted by atomic mass is 10.0. The van der Waals surface area contributed by atoms with Gasteiger partial charge in [-0.1, -0.05) is 26.0 Å². The molecular weight excluding hydrogens is 290 g/mol. The zero-order valence-corrected chi connectivity index (χ0v) is 12.6. The van der Waals surface area contributed by atoms with Crippen molar-refractivity contribution in [3.8, 4) is 0 Å². The summed E-state index contributed by atoms with van der Waals surface area (Å²) >= 11 is 5.16. The number of rotatable bonds is 3. The molecule has 2 aromatic rings. The second-order valence-electron chi connectivity index (χ2n) is 4.99. The van der Waals surface area contributed by atoms with E-state index in [2.05, 4.69) is 24.5 Å². The number of thiocarbonyl (C=S) groups is 1. The van der Waals surface area contributed by atoms with Crippen LogP contribution in [-0.4, -0.2) is 5.11 Å². The zero-order chi connectivity index (χ0) is 15.4. The molecule has 0 heterocycles. The SMILES string of the molecule is CC(C)c1cccc(NC(=S)Nc2ccc(F)c(F)c2)c1. The normalized spacial score (nSPS) is 10.5. The van der Waals surface area contributed by atoms with Crippen molar-refractivity contribution in [3.63, 3.8) is 0 Å². The average molecular weight is 306 g/mol. The van der Waals surface area contributed by atoms with Crippen LogP contribution >= 0.6 is 12.2 Å². The third-order valence-electron chi connectivity index (χ3n) is 2.99. The van der Waals surface area contributed by atoms with Gasteiger partial charge in [-0.3, -0.25) is 0 Å². The fourth-order valence-corrected chi connectivity index (χ4v) is 2.08.